The minimum absolute atomic E-state index is 0.0219. The summed E-state index contributed by atoms with van der Waals surface area (Å²) in [5, 5.41) is 0. The van der Waals surface area contributed by atoms with Crippen LogP contribution >= 0.6 is 0 Å². The third-order valence-corrected chi connectivity index (χ3v) is 11.8. The van der Waals surface area contributed by atoms with Gasteiger partial charge in [-0.2, -0.15) is 0 Å². The van der Waals surface area contributed by atoms with Crippen LogP contribution in [0.4, 0.5) is 0 Å². The highest BCUT2D eigenvalue weighted by Crippen LogP contribution is 2.43. The van der Waals surface area contributed by atoms with Crippen molar-refractivity contribution in [1.82, 2.24) is 0 Å². The molecule has 0 heterocycles. The molecule has 0 fully saturated rings. The van der Waals surface area contributed by atoms with Gasteiger partial charge in [0.15, 0.2) is 0 Å². The molecule has 1 rings (SSSR count). The Balaban J connectivity index is 3.23. The number of rotatable bonds is 9. The summed E-state index contributed by atoms with van der Waals surface area (Å²) in [5.41, 5.74) is 5.42. The molecular weight excluding hydrogens is 348 g/mol. The van der Waals surface area contributed by atoms with Crippen LogP contribution < -0.4 is 0 Å². The van der Waals surface area contributed by atoms with Gasteiger partial charge in [0.25, 0.3) is 0 Å². The van der Waals surface area contributed by atoms with Gasteiger partial charge in [-0.25, -0.2) is 0 Å². The lowest BCUT2D eigenvalue weighted by atomic mass is 9.82. The van der Waals surface area contributed by atoms with E-state index in [2.05, 4.69) is 87.1 Å². The first-order chi connectivity index (χ1) is 12.4. The largest absolute Gasteiger partial charge is 0.494 e. The van der Waals surface area contributed by atoms with Gasteiger partial charge in [0, 0.05) is 5.56 Å². The standard InChI is InChI=1S/C24H42O2Si/c1-12-25-20(8)22-14-13-21(15-23(22)24(9,10)11)16-26-27(17(2)3,18(4)5)19(6)7/h13-15,17-19H,8,12,16H2,1-7,9-11H3. The van der Waals surface area contributed by atoms with Gasteiger partial charge >= 0.3 is 0 Å². The topological polar surface area (TPSA) is 18.5 Å². The van der Waals surface area contributed by atoms with E-state index in [0.717, 1.165) is 11.3 Å². The van der Waals surface area contributed by atoms with E-state index in [1.807, 2.05) is 6.92 Å². The van der Waals surface area contributed by atoms with Crippen molar-refractivity contribution in [1.29, 1.82) is 0 Å². The van der Waals surface area contributed by atoms with E-state index in [1.54, 1.807) is 0 Å². The van der Waals surface area contributed by atoms with Gasteiger partial charge in [0.05, 0.1) is 13.2 Å². The molecule has 0 N–H and O–H groups in total. The maximum atomic E-state index is 6.80. The van der Waals surface area contributed by atoms with Gasteiger partial charge in [-0.1, -0.05) is 87.1 Å². The first-order valence-corrected chi connectivity index (χ1v) is 12.6. The molecule has 0 atom stereocenters. The van der Waals surface area contributed by atoms with E-state index in [-0.39, 0.29) is 5.41 Å². The van der Waals surface area contributed by atoms with Gasteiger partial charge in [-0.3, -0.25) is 0 Å². The molecular formula is C24H42O2Si. The number of ether oxygens (including phenoxy) is 1. The molecule has 0 unspecified atom stereocenters. The third-order valence-electron chi connectivity index (χ3n) is 5.71. The second-order valence-electron chi connectivity index (χ2n) is 9.59. The summed E-state index contributed by atoms with van der Waals surface area (Å²) in [6.45, 7) is 28.2. The summed E-state index contributed by atoms with van der Waals surface area (Å²) in [7, 11) is -1.86. The molecule has 2 nitrogen and oxygen atoms in total. The first-order valence-electron chi connectivity index (χ1n) is 10.5. The maximum Gasteiger partial charge on any atom is 0.200 e. The van der Waals surface area contributed by atoms with E-state index in [4.69, 9.17) is 9.16 Å². The fourth-order valence-electron chi connectivity index (χ4n) is 4.51. The van der Waals surface area contributed by atoms with Crippen LogP contribution in [0, 0.1) is 0 Å². The van der Waals surface area contributed by atoms with Crippen molar-refractivity contribution in [3.8, 4) is 0 Å². The van der Waals surface area contributed by atoms with Crippen LogP contribution in [-0.2, 0) is 21.2 Å². The Morgan fingerprint density at radius 2 is 1.52 bits per heavy atom. The molecule has 1 aromatic carbocycles. The zero-order valence-corrected chi connectivity index (χ0v) is 20.4. The van der Waals surface area contributed by atoms with Crippen LogP contribution in [0.5, 0.6) is 0 Å². The monoisotopic (exact) mass is 390 g/mol. The average molecular weight is 391 g/mol. The predicted octanol–water partition coefficient (Wildman–Crippen LogP) is 7.68. The fraction of sp³-hybridized carbons (Fsp3) is 0.667. The molecule has 0 aliphatic rings. The van der Waals surface area contributed by atoms with Gasteiger partial charge < -0.3 is 9.16 Å². The molecule has 0 radical (unpaired) electrons. The Kier molecular flexibility index (Phi) is 8.37. The van der Waals surface area contributed by atoms with Gasteiger partial charge in [0.1, 0.15) is 5.76 Å². The third kappa shape index (κ3) is 5.48. The van der Waals surface area contributed by atoms with E-state index < -0.39 is 8.32 Å². The summed E-state index contributed by atoms with van der Waals surface area (Å²) in [6.07, 6.45) is 0. The van der Waals surface area contributed by atoms with Gasteiger partial charge in [-0.05, 0) is 40.1 Å². The molecule has 3 heteroatoms. The Bertz CT molecular complexity index is 602. The van der Waals surface area contributed by atoms with Crippen LogP contribution in [0.3, 0.4) is 0 Å². The highest BCUT2D eigenvalue weighted by atomic mass is 28.4. The van der Waals surface area contributed by atoms with E-state index in [9.17, 15) is 0 Å². The van der Waals surface area contributed by atoms with E-state index >= 15 is 0 Å². The zero-order chi connectivity index (χ0) is 21.0. The van der Waals surface area contributed by atoms with Crippen molar-refractivity contribution in [3.63, 3.8) is 0 Å². The molecule has 0 saturated heterocycles. The van der Waals surface area contributed by atoms with E-state index in [1.165, 1.54) is 11.1 Å². The predicted molar refractivity (Wildman–Crippen MR) is 122 cm³/mol. The molecule has 0 bridgehead atoms. The van der Waals surface area contributed by atoms with Crippen molar-refractivity contribution in [2.75, 3.05) is 6.61 Å². The SMILES string of the molecule is C=C(OCC)c1ccc(CO[Si](C(C)C)(C(C)C)C(C)C)cc1C(C)(C)C. The summed E-state index contributed by atoms with van der Waals surface area (Å²) in [4.78, 5) is 0. The average Bonchev–Trinajstić information content (AvgIpc) is 2.53. The Labute approximate surface area is 169 Å². The molecule has 0 aliphatic carbocycles. The summed E-state index contributed by atoms with van der Waals surface area (Å²) < 4.78 is 12.5. The molecule has 1 aromatic rings. The van der Waals surface area contributed by atoms with Crippen LogP contribution in [0.15, 0.2) is 24.8 Å². The fourth-order valence-corrected chi connectivity index (χ4v) is 9.92. The van der Waals surface area contributed by atoms with Crippen molar-refractivity contribution in [2.24, 2.45) is 0 Å². The van der Waals surface area contributed by atoms with Crippen LogP contribution in [-0.4, -0.2) is 14.9 Å². The van der Waals surface area contributed by atoms with Crippen molar-refractivity contribution < 1.29 is 9.16 Å². The molecule has 27 heavy (non-hydrogen) atoms. The number of hydrogen-bond acceptors (Lipinski definition) is 2. The van der Waals surface area contributed by atoms with Crippen molar-refractivity contribution in [2.45, 2.75) is 97.9 Å². The second-order valence-corrected chi connectivity index (χ2v) is 15.1. The Hall–Kier alpha value is -1.06. The molecule has 0 aromatic heterocycles. The lowest BCUT2D eigenvalue weighted by Gasteiger charge is -2.42. The van der Waals surface area contributed by atoms with E-state index in [0.29, 0.717) is 29.8 Å². The van der Waals surface area contributed by atoms with Crippen LogP contribution in [0.1, 0.15) is 85.9 Å². The smallest absolute Gasteiger partial charge is 0.200 e. The lowest BCUT2D eigenvalue weighted by Crippen LogP contribution is -2.47. The van der Waals surface area contributed by atoms with Crippen molar-refractivity contribution in [3.05, 3.63) is 41.5 Å². The maximum absolute atomic E-state index is 6.80. The van der Waals surface area contributed by atoms with Crippen LogP contribution in [0.2, 0.25) is 16.6 Å². The Morgan fingerprint density at radius 3 is 1.93 bits per heavy atom. The van der Waals surface area contributed by atoms with Crippen molar-refractivity contribution >= 4 is 14.1 Å². The molecule has 0 spiro atoms. The summed E-state index contributed by atoms with van der Waals surface area (Å²) in [6, 6.07) is 6.62. The molecule has 0 amide bonds. The molecule has 154 valence electrons. The lowest BCUT2D eigenvalue weighted by molar-refractivity contribution is 0.265. The molecule has 0 aliphatic heterocycles. The minimum atomic E-state index is -1.86. The van der Waals surface area contributed by atoms with Gasteiger partial charge in [-0.15, -0.1) is 0 Å². The first kappa shape index (κ1) is 24.0. The normalized spacial score (nSPS) is 12.9. The second kappa shape index (κ2) is 9.42. The highest BCUT2D eigenvalue weighted by molar-refractivity contribution is 6.77. The van der Waals surface area contributed by atoms with Gasteiger partial charge in [0.2, 0.25) is 8.32 Å². The highest BCUT2D eigenvalue weighted by Gasteiger charge is 2.45. The minimum Gasteiger partial charge on any atom is -0.494 e. The Morgan fingerprint density at radius 1 is 1.00 bits per heavy atom. The summed E-state index contributed by atoms with van der Waals surface area (Å²) >= 11 is 0. The quantitative estimate of drug-likeness (QED) is 0.318. The molecule has 0 saturated carbocycles. The zero-order valence-electron chi connectivity index (χ0n) is 19.4. The summed E-state index contributed by atoms with van der Waals surface area (Å²) in [5.74, 6) is 0.755. The number of benzene rings is 1. The van der Waals surface area contributed by atoms with Crippen LogP contribution in [0.25, 0.3) is 5.76 Å². The number of hydrogen-bond donors (Lipinski definition) is 0.